The Balaban J connectivity index is 1.03. The third kappa shape index (κ3) is 3.99. The normalized spacial score (nSPS) is 24.4. The first-order valence-corrected chi connectivity index (χ1v) is 18.4. The zero-order chi connectivity index (χ0) is 32.1. The predicted molar refractivity (Wildman–Crippen MR) is 205 cm³/mol. The summed E-state index contributed by atoms with van der Waals surface area (Å²) in [6.45, 7) is 0. The van der Waals surface area contributed by atoms with Crippen LogP contribution in [0.25, 0.3) is 43.8 Å². The first-order valence-electron chi connectivity index (χ1n) is 18.4. The van der Waals surface area contributed by atoms with Crippen LogP contribution in [0.1, 0.15) is 43.2 Å². The molecular formula is C48H39N. The van der Waals surface area contributed by atoms with Gasteiger partial charge in [-0.05, 0) is 142 Å². The summed E-state index contributed by atoms with van der Waals surface area (Å²) in [6.07, 6.45) is 7.15. The Morgan fingerprint density at radius 2 is 1.06 bits per heavy atom. The molecule has 236 valence electrons. The molecule has 4 bridgehead atoms. The molecule has 0 aromatic heterocycles. The number of benzene rings is 7. The molecule has 0 unspecified atom stereocenters. The SMILES string of the molecule is c1ccc2c(c1)-c1ccc(-c3ccc(N(c4ccc5ccccc5c4)c4cccc5ccccc45)cc3)cc1C21C2CC3CC(C2)CC1C3. The maximum absolute atomic E-state index is 2.61. The van der Waals surface area contributed by atoms with Crippen molar-refractivity contribution in [3.05, 3.63) is 163 Å². The van der Waals surface area contributed by atoms with Crippen LogP contribution in [-0.2, 0) is 5.41 Å². The van der Waals surface area contributed by atoms with Crippen LogP contribution in [0.4, 0.5) is 17.1 Å². The van der Waals surface area contributed by atoms with Crippen molar-refractivity contribution in [3.8, 4) is 22.3 Å². The molecule has 5 aliphatic carbocycles. The van der Waals surface area contributed by atoms with Gasteiger partial charge < -0.3 is 4.90 Å². The number of fused-ring (bicyclic) bond motifs is 5. The minimum Gasteiger partial charge on any atom is -0.310 e. The summed E-state index contributed by atoms with van der Waals surface area (Å²) in [5, 5.41) is 5.01. The van der Waals surface area contributed by atoms with Crippen molar-refractivity contribution in [1.29, 1.82) is 0 Å². The van der Waals surface area contributed by atoms with Gasteiger partial charge in [0.1, 0.15) is 0 Å². The van der Waals surface area contributed by atoms with Crippen LogP contribution in [-0.4, -0.2) is 0 Å². The quantitative estimate of drug-likeness (QED) is 0.187. The maximum Gasteiger partial charge on any atom is 0.0540 e. The van der Waals surface area contributed by atoms with Crippen molar-refractivity contribution in [2.45, 2.75) is 37.5 Å². The third-order valence-electron chi connectivity index (χ3n) is 13.0. The van der Waals surface area contributed by atoms with Crippen molar-refractivity contribution in [2.24, 2.45) is 23.7 Å². The highest BCUT2D eigenvalue weighted by Gasteiger charge is 2.61. The predicted octanol–water partition coefficient (Wildman–Crippen LogP) is 12.9. The molecule has 4 fully saturated rings. The Bertz CT molecular complexity index is 2380. The molecule has 5 aliphatic rings. The second-order valence-corrected chi connectivity index (χ2v) is 15.4. The monoisotopic (exact) mass is 629 g/mol. The van der Waals surface area contributed by atoms with Crippen LogP contribution in [0, 0.1) is 23.7 Å². The molecule has 1 heteroatoms. The molecule has 0 aliphatic heterocycles. The fourth-order valence-corrected chi connectivity index (χ4v) is 11.3. The van der Waals surface area contributed by atoms with E-state index in [2.05, 4.69) is 157 Å². The van der Waals surface area contributed by atoms with Crippen LogP contribution >= 0.6 is 0 Å². The highest BCUT2D eigenvalue weighted by molar-refractivity contribution is 6.00. The topological polar surface area (TPSA) is 3.24 Å². The number of rotatable bonds is 4. The lowest BCUT2D eigenvalue weighted by atomic mass is 9.43. The Kier molecular flexibility index (Phi) is 5.91. The molecule has 0 radical (unpaired) electrons. The maximum atomic E-state index is 2.61. The fourth-order valence-electron chi connectivity index (χ4n) is 11.3. The molecule has 4 saturated carbocycles. The van der Waals surface area contributed by atoms with Gasteiger partial charge in [-0.25, -0.2) is 0 Å². The van der Waals surface area contributed by atoms with Gasteiger partial charge in [-0.3, -0.25) is 0 Å². The Hall–Kier alpha value is -5.14. The summed E-state index contributed by atoms with van der Waals surface area (Å²) in [5.74, 6) is 3.46. The van der Waals surface area contributed by atoms with Crippen LogP contribution in [0.3, 0.4) is 0 Å². The van der Waals surface area contributed by atoms with Gasteiger partial charge in [-0.1, -0.05) is 115 Å². The van der Waals surface area contributed by atoms with Gasteiger partial charge in [0.2, 0.25) is 0 Å². The van der Waals surface area contributed by atoms with Gasteiger partial charge in [0.25, 0.3) is 0 Å². The largest absolute Gasteiger partial charge is 0.310 e. The van der Waals surface area contributed by atoms with Crippen molar-refractivity contribution in [2.75, 3.05) is 4.90 Å². The molecule has 1 spiro atoms. The lowest BCUT2D eigenvalue weighted by Gasteiger charge is -2.61. The number of nitrogens with zero attached hydrogens (tertiary/aromatic N) is 1. The zero-order valence-electron chi connectivity index (χ0n) is 27.7. The van der Waals surface area contributed by atoms with E-state index in [9.17, 15) is 0 Å². The Morgan fingerprint density at radius 1 is 0.429 bits per heavy atom. The molecule has 0 atom stereocenters. The first-order chi connectivity index (χ1) is 24.2. The summed E-state index contributed by atoms with van der Waals surface area (Å²) < 4.78 is 0. The van der Waals surface area contributed by atoms with E-state index < -0.39 is 0 Å². The van der Waals surface area contributed by atoms with E-state index in [4.69, 9.17) is 0 Å². The number of hydrogen-bond donors (Lipinski definition) is 0. The van der Waals surface area contributed by atoms with E-state index in [1.165, 1.54) is 93.0 Å². The summed E-state index contributed by atoms with van der Waals surface area (Å²) in [4.78, 5) is 2.43. The number of hydrogen-bond acceptors (Lipinski definition) is 1. The highest BCUT2D eigenvalue weighted by Crippen LogP contribution is 2.69. The number of anilines is 3. The molecule has 49 heavy (non-hydrogen) atoms. The standard InChI is InChI=1S/C48H39N/c1-2-10-36-29-41(22-18-33(36)8-1)49(47-15-7-11-35-9-3-4-12-42(35)47)40-20-16-34(17-21-40)37-19-23-44-43-13-5-6-14-45(43)48(46(44)30-37)38-25-31-24-32(27-38)28-39(48)26-31/h1-23,29-32,38-39H,24-28H2. The van der Waals surface area contributed by atoms with Crippen molar-refractivity contribution in [3.63, 3.8) is 0 Å². The summed E-state index contributed by atoms with van der Waals surface area (Å²) in [7, 11) is 0. The summed E-state index contributed by atoms with van der Waals surface area (Å²) in [5.41, 5.74) is 12.6. The highest BCUT2D eigenvalue weighted by atomic mass is 15.1. The lowest BCUT2D eigenvalue weighted by Crippen LogP contribution is -2.55. The molecule has 0 saturated heterocycles. The summed E-state index contributed by atoms with van der Waals surface area (Å²) >= 11 is 0. The Morgan fingerprint density at radius 3 is 1.88 bits per heavy atom. The van der Waals surface area contributed by atoms with Crippen molar-refractivity contribution in [1.82, 2.24) is 0 Å². The third-order valence-corrected chi connectivity index (χ3v) is 13.0. The molecule has 7 aromatic rings. The van der Waals surface area contributed by atoms with Crippen LogP contribution in [0.15, 0.2) is 152 Å². The Labute approximate surface area is 288 Å². The zero-order valence-corrected chi connectivity index (χ0v) is 27.7. The molecule has 0 amide bonds. The second kappa shape index (κ2) is 10.4. The minimum absolute atomic E-state index is 0.191. The minimum atomic E-state index is 0.191. The first kappa shape index (κ1) is 27.8. The van der Waals surface area contributed by atoms with Gasteiger partial charge in [-0.15, -0.1) is 0 Å². The van der Waals surface area contributed by atoms with Gasteiger partial charge in [0.05, 0.1) is 5.69 Å². The van der Waals surface area contributed by atoms with Crippen molar-refractivity contribution < 1.29 is 0 Å². The van der Waals surface area contributed by atoms with Crippen LogP contribution in [0.5, 0.6) is 0 Å². The van der Waals surface area contributed by atoms with Crippen molar-refractivity contribution >= 4 is 38.6 Å². The van der Waals surface area contributed by atoms with E-state index in [1.807, 2.05) is 0 Å². The van der Waals surface area contributed by atoms with Gasteiger partial charge in [0, 0.05) is 22.2 Å². The fraction of sp³-hybridized carbons (Fsp3) is 0.208. The second-order valence-electron chi connectivity index (χ2n) is 15.4. The van der Waals surface area contributed by atoms with Crippen LogP contribution in [0.2, 0.25) is 0 Å². The van der Waals surface area contributed by atoms with E-state index in [0.717, 1.165) is 23.7 Å². The average Bonchev–Trinajstić information content (AvgIpc) is 3.44. The van der Waals surface area contributed by atoms with Crippen LogP contribution < -0.4 is 4.90 Å². The van der Waals surface area contributed by atoms with E-state index in [-0.39, 0.29) is 5.41 Å². The molecule has 0 N–H and O–H groups in total. The molecular weight excluding hydrogens is 591 g/mol. The summed E-state index contributed by atoms with van der Waals surface area (Å²) in [6, 6.07) is 57.1. The van der Waals surface area contributed by atoms with Gasteiger partial charge in [0.15, 0.2) is 0 Å². The smallest absolute Gasteiger partial charge is 0.0540 e. The molecule has 12 rings (SSSR count). The van der Waals surface area contributed by atoms with E-state index >= 15 is 0 Å². The van der Waals surface area contributed by atoms with E-state index in [0.29, 0.717) is 0 Å². The van der Waals surface area contributed by atoms with Gasteiger partial charge in [-0.2, -0.15) is 0 Å². The lowest BCUT2D eigenvalue weighted by molar-refractivity contribution is -0.0399. The van der Waals surface area contributed by atoms with Gasteiger partial charge >= 0.3 is 0 Å². The van der Waals surface area contributed by atoms with E-state index in [1.54, 1.807) is 11.1 Å². The molecule has 7 aromatic carbocycles. The molecule has 1 nitrogen and oxygen atoms in total. The molecule has 0 heterocycles. The average molecular weight is 630 g/mol.